The van der Waals surface area contributed by atoms with E-state index in [0.717, 1.165) is 24.4 Å². The predicted octanol–water partition coefficient (Wildman–Crippen LogP) is 5.08. The lowest BCUT2D eigenvalue weighted by atomic mass is 10.1. The Bertz CT molecular complexity index is 1400. The number of pyridine rings is 1. The van der Waals surface area contributed by atoms with Crippen LogP contribution >= 0.6 is 0 Å². The summed E-state index contributed by atoms with van der Waals surface area (Å²) in [4.78, 5) is 27.8. The molecule has 14 heteroatoms. The van der Waals surface area contributed by atoms with Crippen molar-refractivity contribution in [1.29, 1.82) is 0 Å². The number of anilines is 1. The van der Waals surface area contributed by atoms with Crippen LogP contribution in [0.3, 0.4) is 0 Å². The molecular weight excluding hydrogens is 512 g/mol. The number of hydrogen-bond donors (Lipinski definition) is 2. The molecule has 37 heavy (non-hydrogen) atoms. The number of carbonyl (C=O) groups excluding carboxylic acids is 2. The molecule has 1 heterocycles. The first-order chi connectivity index (χ1) is 18.5. The van der Waals surface area contributed by atoms with E-state index < -0.39 is 78.0 Å². The summed E-state index contributed by atoms with van der Waals surface area (Å²) < 4.78 is 115. The lowest BCUT2D eigenvalue weighted by Crippen LogP contribution is -2.17. The first-order valence-electron chi connectivity index (χ1n) is 11.4. The number of carbonyl (C=O) groups is 2. The molecule has 2 aromatic carbocycles. The van der Waals surface area contributed by atoms with Gasteiger partial charge in [0.05, 0.1) is 29.5 Å². The Balaban J connectivity index is 2.06. The minimum atomic E-state index is -4.67. The molecule has 0 saturated heterocycles. The van der Waals surface area contributed by atoms with Gasteiger partial charge in [0.1, 0.15) is 28.6 Å². The molecule has 0 saturated carbocycles. The van der Waals surface area contributed by atoms with Crippen molar-refractivity contribution in [3.05, 3.63) is 71.3 Å². The molecule has 0 fully saturated rings. The smallest absolute Gasteiger partial charge is 0.393 e. The van der Waals surface area contributed by atoms with Crippen LogP contribution in [0.15, 0.2) is 48.7 Å². The van der Waals surface area contributed by atoms with Crippen molar-refractivity contribution in [3.8, 4) is 23.0 Å². The van der Waals surface area contributed by atoms with E-state index in [4.69, 9.17) is 19.3 Å². The summed E-state index contributed by atoms with van der Waals surface area (Å²) in [6.45, 7) is -3.42. The normalized spacial score (nSPS) is 12.8. The molecule has 3 rings (SSSR count). The standard InChI is InChI=1S/C23H17F6N3O5/c1-35-17-6-11(9-23(27,28)29)2-5-16(17)37-18-8-13(36-22(25)26)7-14(24)19(18)21(34)32-12-3-4-15(20(30)33)31-10-12/h2-8,10,22H,9H2,1H3,(H2,30,33)(H,32,34)/i1D3. The maximum Gasteiger partial charge on any atom is 0.393 e. The van der Waals surface area contributed by atoms with Crippen LogP contribution in [-0.4, -0.2) is 36.6 Å². The molecule has 0 radical (unpaired) electrons. The van der Waals surface area contributed by atoms with Crippen molar-refractivity contribution in [3.63, 3.8) is 0 Å². The summed E-state index contributed by atoms with van der Waals surface area (Å²) in [7, 11) is -3.18. The molecule has 0 bridgehead atoms. The van der Waals surface area contributed by atoms with Gasteiger partial charge < -0.3 is 25.3 Å². The summed E-state index contributed by atoms with van der Waals surface area (Å²) in [5, 5.41) is 2.23. The molecule has 0 aliphatic rings. The maximum absolute atomic E-state index is 15.0. The molecule has 0 spiro atoms. The highest BCUT2D eigenvalue weighted by Gasteiger charge is 2.28. The number of methoxy groups -OCH3 is 1. The number of primary amides is 1. The van der Waals surface area contributed by atoms with E-state index in [2.05, 4.69) is 15.0 Å². The second-order valence-corrected chi connectivity index (χ2v) is 7.18. The number of nitrogens with one attached hydrogen (secondary N) is 1. The topological polar surface area (TPSA) is 113 Å². The van der Waals surface area contributed by atoms with Gasteiger partial charge in [-0.05, 0) is 29.8 Å². The molecule has 3 N–H and O–H groups in total. The molecule has 0 aliphatic carbocycles. The number of alkyl halides is 5. The molecular formula is C23H17F6N3O5. The predicted molar refractivity (Wildman–Crippen MR) is 117 cm³/mol. The number of benzene rings is 2. The van der Waals surface area contributed by atoms with Crippen LogP contribution < -0.4 is 25.3 Å². The molecule has 3 aromatic rings. The van der Waals surface area contributed by atoms with Gasteiger partial charge in [0.2, 0.25) is 0 Å². The van der Waals surface area contributed by atoms with Gasteiger partial charge in [-0.2, -0.15) is 22.0 Å². The Morgan fingerprint density at radius 3 is 2.46 bits per heavy atom. The first kappa shape index (κ1) is 22.9. The van der Waals surface area contributed by atoms with E-state index in [0.29, 0.717) is 18.2 Å². The third kappa shape index (κ3) is 7.25. The first-order valence-corrected chi connectivity index (χ1v) is 9.93. The minimum Gasteiger partial charge on any atom is -0.493 e. The zero-order valence-corrected chi connectivity index (χ0v) is 18.2. The van der Waals surface area contributed by atoms with Gasteiger partial charge >= 0.3 is 12.8 Å². The highest BCUT2D eigenvalue weighted by Crippen LogP contribution is 2.38. The Labute approximate surface area is 209 Å². The van der Waals surface area contributed by atoms with Gasteiger partial charge in [0, 0.05) is 12.1 Å². The van der Waals surface area contributed by atoms with Crippen molar-refractivity contribution in [2.45, 2.75) is 19.2 Å². The Kier molecular flexibility index (Phi) is 6.85. The van der Waals surface area contributed by atoms with Crippen LogP contribution in [0, 0.1) is 5.82 Å². The lowest BCUT2D eigenvalue weighted by molar-refractivity contribution is -0.127. The van der Waals surface area contributed by atoms with Crippen molar-refractivity contribution in [1.82, 2.24) is 4.98 Å². The number of halogens is 6. The van der Waals surface area contributed by atoms with E-state index >= 15 is 4.39 Å². The van der Waals surface area contributed by atoms with Crippen LogP contribution in [-0.2, 0) is 6.42 Å². The molecule has 8 nitrogen and oxygen atoms in total. The Morgan fingerprint density at radius 2 is 1.86 bits per heavy atom. The summed E-state index contributed by atoms with van der Waals surface area (Å²) in [5.74, 6) is -6.48. The van der Waals surface area contributed by atoms with E-state index in [1.54, 1.807) is 0 Å². The van der Waals surface area contributed by atoms with E-state index in [-0.39, 0.29) is 11.4 Å². The fourth-order valence-corrected chi connectivity index (χ4v) is 3.01. The maximum atomic E-state index is 15.0. The largest absolute Gasteiger partial charge is 0.493 e. The number of nitrogens with two attached hydrogens (primary N) is 1. The zero-order chi connectivity index (χ0) is 29.8. The summed E-state index contributed by atoms with van der Waals surface area (Å²) >= 11 is 0. The number of amides is 2. The number of rotatable bonds is 9. The van der Waals surface area contributed by atoms with E-state index in [1.807, 2.05) is 0 Å². The monoisotopic (exact) mass is 532 g/mol. The highest BCUT2D eigenvalue weighted by molar-refractivity contribution is 6.06. The van der Waals surface area contributed by atoms with Gasteiger partial charge in [-0.3, -0.25) is 9.59 Å². The Morgan fingerprint density at radius 1 is 1.11 bits per heavy atom. The van der Waals surface area contributed by atoms with Crippen LogP contribution in [0.25, 0.3) is 0 Å². The average molecular weight is 532 g/mol. The number of hydrogen-bond acceptors (Lipinski definition) is 6. The summed E-state index contributed by atoms with van der Waals surface area (Å²) in [5.41, 5.74) is 3.54. The van der Waals surface area contributed by atoms with Crippen LogP contribution in [0.4, 0.5) is 32.0 Å². The molecule has 1 aromatic heterocycles. The molecule has 196 valence electrons. The second-order valence-electron chi connectivity index (χ2n) is 7.18. The van der Waals surface area contributed by atoms with E-state index in [9.17, 15) is 31.5 Å². The van der Waals surface area contributed by atoms with Crippen LogP contribution in [0.5, 0.6) is 23.0 Å². The third-order valence-electron chi connectivity index (χ3n) is 4.50. The summed E-state index contributed by atoms with van der Waals surface area (Å²) in [6.07, 6.45) is -5.13. The molecule has 2 amide bonds. The van der Waals surface area contributed by atoms with Crippen LogP contribution in [0.2, 0.25) is 0 Å². The van der Waals surface area contributed by atoms with Gasteiger partial charge in [-0.25, -0.2) is 9.37 Å². The number of ether oxygens (including phenoxy) is 3. The van der Waals surface area contributed by atoms with Gasteiger partial charge in [-0.1, -0.05) is 6.07 Å². The minimum absolute atomic E-state index is 0.0591. The van der Waals surface area contributed by atoms with Crippen molar-refractivity contribution in [2.75, 3.05) is 12.4 Å². The number of aromatic nitrogens is 1. The van der Waals surface area contributed by atoms with E-state index in [1.165, 1.54) is 6.07 Å². The highest BCUT2D eigenvalue weighted by atomic mass is 19.4. The van der Waals surface area contributed by atoms with Crippen molar-refractivity contribution in [2.24, 2.45) is 5.73 Å². The summed E-state index contributed by atoms with van der Waals surface area (Å²) in [6, 6.07) is 5.91. The van der Waals surface area contributed by atoms with Gasteiger partial charge in [0.25, 0.3) is 11.8 Å². The van der Waals surface area contributed by atoms with Crippen molar-refractivity contribution >= 4 is 17.5 Å². The quantitative estimate of drug-likeness (QED) is 0.372. The SMILES string of the molecule is [2H]C([2H])([2H])Oc1cc(CC(F)(F)F)ccc1Oc1cc(OC(F)F)cc(F)c1C(=O)Nc1ccc(C(N)=O)nc1. The fraction of sp³-hybridized carbons (Fsp3) is 0.174. The zero-order valence-electron chi connectivity index (χ0n) is 21.2. The second kappa shape index (κ2) is 11.1. The third-order valence-corrected chi connectivity index (χ3v) is 4.50. The number of nitrogens with zero attached hydrogens (tertiary/aromatic N) is 1. The van der Waals surface area contributed by atoms with Crippen molar-refractivity contribution < 1.29 is 54.3 Å². The lowest BCUT2D eigenvalue weighted by Gasteiger charge is -2.17. The molecule has 0 atom stereocenters. The van der Waals surface area contributed by atoms with Gasteiger partial charge in [0.15, 0.2) is 11.5 Å². The Hall–Kier alpha value is -4.49. The van der Waals surface area contributed by atoms with Crippen LogP contribution in [0.1, 0.15) is 30.5 Å². The fourth-order valence-electron chi connectivity index (χ4n) is 3.01. The van der Waals surface area contributed by atoms with Gasteiger partial charge in [-0.15, -0.1) is 0 Å². The molecule has 0 aliphatic heterocycles. The average Bonchev–Trinajstić information content (AvgIpc) is 2.78. The molecule has 0 unspecified atom stereocenters.